The van der Waals surface area contributed by atoms with Crippen LogP contribution in [0.3, 0.4) is 0 Å². The molecule has 0 radical (unpaired) electrons. The lowest BCUT2D eigenvalue weighted by Crippen LogP contribution is -2.40. The lowest BCUT2D eigenvalue weighted by molar-refractivity contribution is -0.122. The number of nitrogens with one attached hydrogen (secondary N) is 2. The fraction of sp³-hybridized carbons (Fsp3) is 0.318. The Morgan fingerprint density at radius 3 is 2.23 bits per heavy atom. The van der Waals surface area contributed by atoms with E-state index in [4.69, 9.17) is 16.2 Å². The van der Waals surface area contributed by atoms with Crippen molar-refractivity contribution in [2.75, 3.05) is 6.54 Å². The minimum Gasteiger partial charge on any atom is -0.445 e. The first kappa shape index (κ1) is 22.9. The lowest BCUT2D eigenvalue weighted by Gasteiger charge is -2.13. The normalized spacial score (nSPS) is 11.4. The summed E-state index contributed by atoms with van der Waals surface area (Å²) >= 11 is 0. The van der Waals surface area contributed by atoms with E-state index >= 15 is 0 Å². The summed E-state index contributed by atoms with van der Waals surface area (Å²) in [6.07, 6.45) is 0.668. The molecule has 0 aliphatic carbocycles. The average Bonchev–Trinajstić information content (AvgIpc) is 2.74. The maximum atomic E-state index is 12.1. The van der Waals surface area contributed by atoms with Gasteiger partial charge in [0, 0.05) is 13.1 Å². The summed E-state index contributed by atoms with van der Waals surface area (Å²) in [7, 11) is 0. The van der Waals surface area contributed by atoms with Gasteiger partial charge in [-0.05, 0) is 29.5 Å². The van der Waals surface area contributed by atoms with Gasteiger partial charge in [0.2, 0.25) is 11.8 Å². The Kier molecular flexibility index (Phi) is 9.33. The molecule has 0 fully saturated rings. The van der Waals surface area contributed by atoms with Gasteiger partial charge in [0.25, 0.3) is 0 Å². The van der Waals surface area contributed by atoms with E-state index in [0.29, 0.717) is 25.9 Å². The van der Waals surface area contributed by atoms with E-state index in [1.807, 2.05) is 42.5 Å². The van der Waals surface area contributed by atoms with Gasteiger partial charge in [0.05, 0.1) is 12.5 Å². The zero-order chi connectivity index (χ0) is 21.8. The Bertz CT molecular complexity index is 825. The van der Waals surface area contributed by atoms with Crippen LogP contribution in [0.1, 0.15) is 29.5 Å². The lowest BCUT2D eigenvalue weighted by atomic mass is 10.1. The number of nitrogens with two attached hydrogens (primary N) is 2. The number of primary amides is 1. The second kappa shape index (κ2) is 12.2. The molecule has 0 aliphatic rings. The fourth-order valence-electron chi connectivity index (χ4n) is 2.71. The topological polar surface area (TPSA) is 137 Å². The maximum Gasteiger partial charge on any atom is 0.407 e. The molecule has 0 bridgehead atoms. The molecule has 0 saturated heterocycles. The molecule has 2 aromatic rings. The highest BCUT2D eigenvalue weighted by molar-refractivity contribution is 5.81. The number of amides is 3. The van der Waals surface area contributed by atoms with Crippen LogP contribution in [0.15, 0.2) is 54.6 Å². The van der Waals surface area contributed by atoms with E-state index in [0.717, 1.165) is 16.7 Å². The van der Waals surface area contributed by atoms with Crippen LogP contribution in [0.4, 0.5) is 4.79 Å². The first-order valence-electron chi connectivity index (χ1n) is 9.78. The molecule has 0 saturated carbocycles. The van der Waals surface area contributed by atoms with Crippen molar-refractivity contribution in [1.29, 1.82) is 0 Å². The molecule has 2 aromatic carbocycles. The van der Waals surface area contributed by atoms with E-state index in [1.54, 1.807) is 12.1 Å². The fourth-order valence-corrected chi connectivity index (χ4v) is 2.71. The molecule has 2 rings (SSSR count). The van der Waals surface area contributed by atoms with Crippen molar-refractivity contribution in [3.8, 4) is 0 Å². The predicted molar refractivity (Wildman–Crippen MR) is 113 cm³/mol. The molecule has 0 heterocycles. The molecule has 160 valence electrons. The highest BCUT2D eigenvalue weighted by atomic mass is 16.5. The highest BCUT2D eigenvalue weighted by Crippen LogP contribution is 2.05. The number of hydrogen-bond acceptors (Lipinski definition) is 5. The van der Waals surface area contributed by atoms with Gasteiger partial charge in [-0.1, -0.05) is 54.6 Å². The van der Waals surface area contributed by atoms with Gasteiger partial charge in [-0.15, -0.1) is 0 Å². The van der Waals surface area contributed by atoms with Crippen molar-refractivity contribution in [1.82, 2.24) is 10.6 Å². The van der Waals surface area contributed by atoms with E-state index in [9.17, 15) is 14.4 Å². The van der Waals surface area contributed by atoms with Crippen LogP contribution in [-0.2, 0) is 33.9 Å². The second-order valence-electron chi connectivity index (χ2n) is 6.91. The third kappa shape index (κ3) is 8.74. The molecule has 6 N–H and O–H groups in total. The van der Waals surface area contributed by atoms with E-state index in [2.05, 4.69) is 10.6 Å². The monoisotopic (exact) mass is 412 g/mol. The van der Waals surface area contributed by atoms with Gasteiger partial charge in [-0.2, -0.15) is 0 Å². The van der Waals surface area contributed by atoms with Crippen LogP contribution < -0.4 is 22.1 Å². The van der Waals surface area contributed by atoms with Crippen molar-refractivity contribution < 1.29 is 19.1 Å². The Morgan fingerprint density at radius 1 is 0.900 bits per heavy atom. The standard InChI is InChI=1S/C22H28N4O4/c23-19(7-4-12-25-22(29)30-15-18-5-2-1-3-6-18)21(28)26-14-17-10-8-16(9-11-17)13-20(24)27/h1-3,5-6,8-11,19H,4,7,12-15,23H2,(H2,24,27)(H,25,29)(H,26,28)/t19-/m1/s1. The summed E-state index contributed by atoms with van der Waals surface area (Å²) in [6.45, 7) is 0.918. The minimum absolute atomic E-state index is 0.186. The molecule has 8 heteroatoms. The van der Waals surface area contributed by atoms with Gasteiger partial charge in [0.1, 0.15) is 6.61 Å². The molecule has 0 aliphatic heterocycles. The summed E-state index contributed by atoms with van der Waals surface area (Å²) in [5.41, 5.74) is 13.7. The SMILES string of the molecule is NC(=O)Cc1ccc(CNC(=O)[C@H](N)CCCNC(=O)OCc2ccccc2)cc1. The van der Waals surface area contributed by atoms with E-state index < -0.39 is 12.1 Å². The van der Waals surface area contributed by atoms with Gasteiger partial charge < -0.3 is 26.8 Å². The number of rotatable bonds is 11. The van der Waals surface area contributed by atoms with Crippen LogP contribution in [0.5, 0.6) is 0 Å². The molecule has 0 spiro atoms. The summed E-state index contributed by atoms with van der Waals surface area (Å²) in [4.78, 5) is 34.7. The largest absolute Gasteiger partial charge is 0.445 e. The molecule has 1 atom stereocenters. The van der Waals surface area contributed by atoms with Crippen LogP contribution in [0, 0.1) is 0 Å². The van der Waals surface area contributed by atoms with E-state index in [-0.39, 0.29) is 24.8 Å². The Morgan fingerprint density at radius 2 is 1.57 bits per heavy atom. The number of ether oxygens (including phenoxy) is 1. The smallest absolute Gasteiger partial charge is 0.407 e. The van der Waals surface area contributed by atoms with Gasteiger partial charge >= 0.3 is 6.09 Å². The molecule has 0 aromatic heterocycles. The van der Waals surface area contributed by atoms with Crippen molar-refractivity contribution in [3.63, 3.8) is 0 Å². The molecular weight excluding hydrogens is 384 g/mol. The molecular formula is C22H28N4O4. The van der Waals surface area contributed by atoms with Crippen LogP contribution >= 0.6 is 0 Å². The number of carbonyl (C=O) groups excluding carboxylic acids is 3. The Hall–Kier alpha value is -3.39. The van der Waals surface area contributed by atoms with Crippen molar-refractivity contribution >= 4 is 17.9 Å². The minimum atomic E-state index is -0.665. The quantitative estimate of drug-likeness (QED) is 0.413. The predicted octanol–water partition coefficient (Wildman–Crippen LogP) is 1.36. The summed E-state index contributed by atoms with van der Waals surface area (Å²) in [6, 6.07) is 16.0. The number of alkyl carbamates (subject to hydrolysis) is 1. The molecule has 0 unspecified atom stereocenters. The first-order chi connectivity index (χ1) is 14.4. The summed E-state index contributed by atoms with van der Waals surface area (Å²) in [5, 5.41) is 5.42. The molecule has 3 amide bonds. The zero-order valence-corrected chi connectivity index (χ0v) is 16.8. The zero-order valence-electron chi connectivity index (χ0n) is 16.8. The number of hydrogen-bond donors (Lipinski definition) is 4. The molecule has 30 heavy (non-hydrogen) atoms. The van der Waals surface area contributed by atoms with Gasteiger partial charge in [-0.25, -0.2) is 4.79 Å². The number of carbonyl (C=O) groups is 3. The highest BCUT2D eigenvalue weighted by Gasteiger charge is 2.13. The van der Waals surface area contributed by atoms with Crippen molar-refractivity contribution in [2.24, 2.45) is 11.5 Å². The third-order valence-corrected chi connectivity index (χ3v) is 4.38. The van der Waals surface area contributed by atoms with Crippen molar-refractivity contribution in [3.05, 3.63) is 71.3 Å². The Labute approximate surface area is 176 Å². The summed E-state index contributed by atoms with van der Waals surface area (Å²) in [5.74, 6) is -0.649. The third-order valence-electron chi connectivity index (χ3n) is 4.38. The van der Waals surface area contributed by atoms with Crippen LogP contribution in [0.2, 0.25) is 0 Å². The van der Waals surface area contributed by atoms with E-state index in [1.165, 1.54) is 0 Å². The molecule has 8 nitrogen and oxygen atoms in total. The second-order valence-corrected chi connectivity index (χ2v) is 6.91. The average molecular weight is 412 g/mol. The van der Waals surface area contributed by atoms with Gasteiger partial charge in [-0.3, -0.25) is 9.59 Å². The maximum absolute atomic E-state index is 12.1. The van der Waals surface area contributed by atoms with Crippen LogP contribution in [-0.4, -0.2) is 30.5 Å². The van der Waals surface area contributed by atoms with Gasteiger partial charge in [0.15, 0.2) is 0 Å². The number of benzene rings is 2. The summed E-state index contributed by atoms with van der Waals surface area (Å²) < 4.78 is 5.11. The first-order valence-corrected chi connectivity index (χ1v) is 9.78. The van der Waals surface area contributed by atoms with Crippen LogP contribution in [0.25, 0.3) is 0 Å². The van der Waals surface area contributed by atoms with Crippen molar-refractivity contribution in [2.45, 2.75) is 38.5 Å². The Balaban J connectivity index is 1.59.